The number of nitrogens with two attached hydrogens (primary N) is 1. The molecule has 0 spiro atoms. The molecule has 8 heteroatoms. The predicted octanol–water partition coefficient (Wildman–Crippen LogP) is 2.66. The first-order valence-corrected chi connectivity index (χ1v) is 8.80. The number of benzene rings is 1. The number of rotatable bonds is 5. The monoisotopic (exact) mass is 335 g/mol. The summed E-state index contributed by atoms with van der Waals surface area (Å²) in [5.74, 6) is 0.828. The van der Waals surface area contributed by atoms with Gasteiger partial charge in [0.2, 0.25) is 10.0 Å². The zero-order valence-corrected chi connectivity index (χ0v) is 13.0. The van der Waals surface area contributed by atoms with E-state index in [0.29, 0.717) is 6.54 Å². The van der Waals surface area contributed by atoms with Crippen molar-refractivity contribution in [2.75, 3.05) is 5.32 Å². The number of furan rings is 1. The molecule has 0 aliphatic rings. The third kappa shape index (κ3) is 3.35. The molecule has 0 atom stereocenters. The first-order chi connectivity index (χ1) is 10.5. The maximum Gasteiger partial charge on any atom is 0.238 e. The maximum atomic E-state index is 11.2. The van der Waals surface area contributed by atoms with Crippen LogP contribution >= 0.6 is 11.3 Å². The Hall–Kier alpha value is -2.16. The van der Waals surface area contributed by atoms with Gasteiger partial charge >= 0.3 is 0 Å². The molecule has 114 valence electrons. The molecule has 2 aromatic heterocycles. The summed E-state index contributed by atoms with van der Waals surface area (Å²) < 4.78 is 27.7. The lowest BCUT2D eigenvalue weighted by molar-refractivity contribution is 0.518. The number of nitrogens with zero attached hydrogens (tertiary/aromatic N) is 1. The molecule has 0 saturated heterocycles. The smallest absolute Gasteiger partial charge is 0.238 e. The first kappa shape index (κ1) is 14.8. The molecule has 0 amide bonds. The molecule has 0 aliphatic heterocycles. The Labute approximate surface area is 131 Å². The summed E-state index contributed by atoms with van der Waals surface area (Å²) in [6.45, 7) is 0.560. The molecule has 1 aromatic carbocycles. The molecule has 6 nitrogen and oxygen atoms in total. The molecule has 0 unspecified atom stereocenters. The molecule has 0 radical (unpaired) electrons. The third-order valence-corrected chi connectivity index (χ3v) is 4.71. The van der Waals surface area contributed by atoms with E-state index in [0.717, 1.165) is 22.1 Å². The highest BCUT2D eigenvalue weighted by Gasteiger charge is 2.09. The van der Waals surface area contributed by atoms with E-state index in [4.69, 9.17) is 9.56 Å². The second kappa shape index (κ2) is 5.91. The minimum atomic E-state index is -3.67. The van der Waals surface area contributed by atoms with Gasteiger partial charge in [-0.25, -0.2) is 18.5 Å². The second-order valence-corrected chi connectivity index (χ2v) is 6.96. The van der Waals surface area contributed by atoms with Crippen molar-refractivity contribution in [3.8, 4) is 11.3 Å². The number of nitrogens with one attached hydrogen (secondary N) is 1. The van der Waals surface area contributed by atoms with Gasteiger partial charge in [0.25, 0.3) is 0 Å². The molecule has 0 aliphatic carbocycles. The van der Waals surface area contributed by atoms with E-state index in [9.17, 15) is 8.42 Å². The van der Waals surface area contributed by atoms with Gasteiger partial charge in [-0.05, 0) is 24.3 Å². The van der Waals surface area contributed by atoms with Crippen molar-refractivity contribution < 1.29 is 12.8 Å². The molecular formula is C14H13N3O3S2. The van der Waals surface area contributed by atoms with E-state index >= 15 is 0 Å². The van der Waals surface area contributed by atoms with Crippen LogP contribution in [0.4, 0.5) is 5.13 Å². The van der Waals surface area contributed by atoms with Crippen LogP contribution in [0.5, 0.6) is 0 Å². The minimum absolute atomic E-state index is 0.0858. The predicted molar refractivity (Wildman–Crippen MR) is 85.0 cm³/mol. The van der Waals surface area contributed by atoms with Crippen LogP contribution in [-0.2, 0) is 16.6 Å². The SMILES string of the molecule is NS(=O)(=O)c1ccc(-c2csc(NCc3ccco3)n2)cc1. The highest BCUT2D eigenvalue weighted by atomic mass is 32.2. The van der Waals surface area contributed by atoms with Crippen LogP contribution in [0.25, 0.3) is 11.3 Å². The number of aromatic nitrogens is 1. The average molecular weight is 335 g/mol. The number of primary sulfonamides is 1. The van der Waals surface area contributed by atoms with Crippen LogP contribution in [0.3, 0.4) is 0 Å². The first-order valence-electron chi connectivity index (χ1n) is 6.37. The van der Waals surface area contributed by atoms with E-state index in [2.05, 4.69) is 10.3 Å². The Morgan fingerprint density at radius 2 is 2.00 bits per heavy atom. The Morgan fingerprint density at radius 1 is 1.23 bits per heavy atom. The zero-order chi connectivity index (χ0) is 15.6. The van der Waals surface area contributed by atoms with E-state index in [1.54, 1.807) is 18.4 Å². The largest absolute Gasteiger partial charge is 0.467 e. The Balaban J connectivity index is 1.73. The molecule has 3 N–H and O–H groups in total. The normalized spacial score (nSPS) is 11.5. The molecule has 2 heterocycles. The van der Waals surface area contributed by atoms with Gasteiger partial charge in [-0.3, -0.25) is 0 Å². The lowest BCUT2D eigenvalue weighted by Crippen LogP contribution is -2.11. The van der Waals surface area contributed by atoms with E-state index in [-0.39, 0.29) is 4.90 Å². The molecule has 3 aromatic rings. The summed E-state index contributed by atoms with van der Waals surface area (Å²) in [4.78, 5) is 4.54. The highest BCUT2D eigenvalue weighted by Crippen LogP contribution is 2.26. The lowest BCUT2D eigenvalue weighted by Gasteiger charge is -2.01. The zero-order valence-electron chi connectivity index (χ0n) is 11.4. The molecule has 0 saturated carbocycles. The molecule has 0 fully saturated rings. The number of thiazole rings is 1. The topological polar surface area (TPSA) is 98.2 Å². The van der Waals surface area contributed by atoms with E-state index < -0.39 is 10.0 Å². The van der Waals surface area contributed by atoms with Gasteiger partial charge in [0.15, 0.2) is 5.13 Å². The number of sulfonamides is 1. The number of hydrogen-bond acceptors (Lipinski definition) is 6. The van der Waals surface area contributed by atoms with Crippen molar-refractivity contribution in [1.29, 1.82) is 0 Å². The van der Waals surface area contributed by atoms with Gasteiger partial charge in [0.1, 0.15) is 5.76 Å². The minimum Gasteiger partial charge on any atom is -0.467 e. The third-order valence-electron chi connectivity index (χ3n) is 2.98. The van der Waals surface area contributed by atoms with Gasteiger partial charge < -0.3 is 9.73 Å². The molecular weight excluding hydrogens is 322 g/mol. The van der Waals surface area contributed by atoms with Crippen LogP contribution < -0.4 is 10.5 Å². The average Bonchev–Trinajstić information content (AvgIpc) is 3.16. The van der Waals surface area contributed by atoms with Crippen molar-refractivity contribution in [2.24, 2.45) is 5.14 Å². The fourth-order valence-corrected chi connectivity index (χ4v) is 3.11. The Morgan fingerprint density at radius 3 is 2.64 bits per heavy atom. The van der Waals surface area contributed by atoms with Crippen molar-refractivity contribution in [3.05, 3.63) is 53.8 Å². The summed E-state index contributed by atoms with van der Waals surface area (Å²) in [6, 6.07) is 10.0. The van der Waals surface area contributed by atoms with E-state index in [1.165, 1.54) is 23.5 Å². The van der Waals surface area contributed by atoms with Gasteiger partial charge in [-0.15, -0.1) is 11.3 Å². The summed E-state index contributed by atoms with van der Waals surface area (Å²) in [5, 5.41) is 10.9. The van der Waals surface area contributed by atoms with Crippen LogP contribution in [0.15, 0.2) is 57.4 Å². The fourth-order valence-electron chi connectivity index (χ4n) is 1.88. The van der Waals surface area contributed by atoms with Crippen molar-refractivity contribution in [1.82, 2.24) is 4.98 Å². The molecule has 22 heavy (non-hydrogen) atoms. The van der Waals surface area contributed by atoms with Crippen molar-refractivity contribution in [2.45, 2.75) is 11.4 Å². The van der Waals surface area contributed by atoms with Gasteiger partial charge in [-0.1, -0.05) is 12.1 Å². The van der Waals surface area contributed by atoms with Gasteiger partial charge in [-0.2, -0.15) is 0 Å². The summed E-state index contributed by atoms with van der Waals surface area (Å²) in [7, 11) is -3.67. The van der Waals surface area contributed by atoms with Crippen LogP contribution in [0, 0.1) is 0 Å². The van der Waals surface area contributed by atoms with Crippen molar-refractivity contribution >= 4 is 26.5 Å². The van der Waals surface area contributed by atoms with E-state index in [1.807, 2.05) is 17.5 Å². The summed E-state index contributed by atoms with van der Waals surface area (Å²) >= 11 is 1.47. The highest BCUT2D eigenvalue weighted by molar-refractivity contribution is 7.89. The van der Waals surface area contributed by atoms with Gasteiger partial charge in [0.05, 0.1) is 23.4 Å². The fraction of sp³-hybridized carbons (Fsp3) is 0.0714. The number of hydrogen-bond donors (Lipinski definition) is 2. The maximum absolute atomic E-state index is 11.2. The van der Waals surface area contributed by atoms with Crippen molar-refractivity contribution in [3.63, 3.8) is 0 Å². The van der Waals surface area contributed by atoms with Crippen LogP contribution in [0.1, 0.15) is 5.76 Å². The number of anilines is 1. The standard InChI is InChI=1S/C14H13N3O3S2/c15-22(18,19)12-5-3-10(4-6-12)13-9-21-14(17-13)16-8-11-2-1-7-20-11/h1-7,9H,8H2,(H,16,17)(H2,15,18,19). The Bertz CT molecular complexity index is 853. The van der Waals surface area contributed by atoms with Gasteiger partial charge in [0, 0.05) is 10.9 Å². The summed E-state index contributed by atoms with van der Waals surface area (Å²) in [5.41, 5.74) is 1.60. The quantitative estimate of drug-likeness (QED) is 0.747. The molecule has 0 bridgehead atoms. The summed E-state index contributed by atoms with van der Waals surface area (Å²) in [6.07, 6.45) is 1.62. The Kier molecular flexibility index (Phi) is 3.97. The van der Waals surface area contributed by atoms with Crippen LogP contribution in [0.2, 0.25) is 0 Å². The second-order valence-electron chi connectivity index (χ2n) is 4.54. The van der Waals surface area contributed by atoms with Crippen LogP contribution in [-0.4, -0.2) is 13.4 Å². The molecule has 3 rings (SSSR count). The lowest BCUT2D eigenvalue weighted by atomic mass is 10.2.